The van der Waals surface area contributed by atoms with E-state index >= 15 is 0 Å². The fourth-order valence-corrected chi connectivity index (χ4v) is 1.60. The molecule has 0 fully saturated rings. The Balaban J connectivity index is 4.61. The number of carboxylic acids is 1. The van der Waals surface area contributed by atoms with Gasteiger partial charge in [0.05, 0.1) is 0 Å². The highest BCUT2D eigenvalue weighted by atomic mass is 32.2. The van der Waals surface area contributed by atoms with Crippen LogP contribution in [-0.4, -0.2) is 41.9 Å². The van der Waals surface area contributed by atoms with Gasteiger partial charge in [-0.1, -0.05) is 12.7 Å². The van der Waals surface area contributed by atoms with E-state index in [9.17, 15) is 18.0 Å². The van der Waals surface area contributed by atoms with E-state index in [2.05, 4.69) is 11.3 Å². The predicted molar refractivity (Wildman–Crippen MR) is 53.4 cm³/mol. The maximum Gasteiger partial charge on any atom is 0.327 e. The molecule has 0 saturated heterocycles. The third-order valence-electron chi connectivity index (χ3n) is 1.59. The molecule has 0 saturated carbocycles. The summed E-state index contributed by atoms with van der Waals surface area (Å²) in [6, 6.07) is 0. The van der Waals surface area contributed by atoms with Crippen LogP contribution in [-0.2, 0) is 24.4 Å². The molecule has 8 heteroatoms. The number of carbonyl (C=O) groups excluding carboxylic acids is 1. The van der Waals surface area contributed by atoms with Crippen molar-refractivity contribution in [2.45, 2.75) is 18.1 Å². The second kappa shape index (κ2) is 6.23. The predicted octanol–water partition coefficient (Wildman–Crippen LogP) is -0.163. The van der Waals surface area contributed by atoms with Crippen LogP contribution in [0.2, 0.25) is 0 Å². The van der Waals surface area contributed by atoms with E-state index in [-0.39, 0.29) is 6.61 Å². The lowest BCUT2D eigenvalue weighted by Gasteiger charge is -2.11. The van der Waals surface area contributed by atoms with Gasteiger partial charge in [0, 0.05) is 6.42 Å². The van der Waals surface area contributed by atoms with E-state index in [1.165, 1.54) is 6.08 Å². The Morgan fingerprint density at radius 2 is 2.00 bits per heavy atom. The van der Waals surface area contributed by atoms with Crippen LogP contribution < -0.4 is 0 Å². The van der Waals surface area contributed by atoms with Crippen molar-refractivity contribution in [3.63, 3.8) is 0 Å². The number of ether oxygens (including phenoxy) is 1. The van der Waals surface area contributed by atoms with Crippen molar-refractivity contribution in [3.05, 3.63) is 12.7 Å². The minimum absolute atomic E-state index is 0.210. The number of carbonyl (C=O) groups is 2. The summed E-state index contributed by atoms with van der Waals surface area (Å²) in [6.07, 6.45) is 0.119. The van der Waals surface area contributed by atoms with Crippen LogP contribution in [0.4, 0.5) is 0 Å². The van der Waals surface area contributed by atoms with Crippen molar-refractivity contribution >= 4 is 22.1 Å². The molecule has 0 aliphatic rings. The Morgan fingerprint density at radius 3 is 2.38 bits per heavy atom. The smallest absolute Gasteiger partial charge is 0.327 e. The summed E-state index contributed by atoms with van der Waals surface area (Å²) in [6.45, 7) is 3.03. The van der Waals surface area contributed by atoms with Crippen molar-refractivity contribution in [3.8, 4) is 0 Å². The Labute approximate surface area is 92.5 Å². The quantitative estimate of drug-likeness (QED) is 0.367. The first-order chi connectivity index (χ1) is 7.29. The van der Waals surface area contributed by atoms with Crippen LogP contribution >= 0.6 is 0 Å². The molecule has 0 aromatic carbocycles. The van der Waals surface area contributed by atoms with Crippen molar-refractivity contribution in [1.82, 2.24) is 0 Å². The monoisotopic (exact) mass is 252 g/mol. The Hall–Kier alpha value is -1.41. The minimum atomic E-state index is -4.66. The molecule has 0 aromatic rings. The van der Waals surface area contributed by atoms with Gasteiger partial charge in [-0.05, 0) is 6.42 Å². The largest absolute Gasteiger partial charge is 0.481 e. The zero-order valence-electron chi connectivity index (χ0n) is 8.33. The molecule has 0 amide bonds. The Bertz CT molecular complexity index is 370. The maximum absolute atomic E-state index is 11.2. The van der Waals surface area contributed by atoms with Crippen LogP contribution in [0.1, 0.15) is 12.8 Å². The van der Waals surface area contributed by atoms with Gasteiger partial charge in [-0.15, -0.1) is 0 Å². The molecule has 1 unspecified atom stereocenters. The van der Waals surface area contributed by atoms with E-state index in [1.54, 1.807) is 0 Å². The Morgan fingerprint density at radius 1 is 1.44 bits per heavy atom. The first kappa shape index (κ1) is 14.6. The number of hydrogen-bond acceptors (Lipinski definition) is 5. The van der Waals surface area contributed by atoms with E-state index in [1.807, 2.05) is 0 Å². The lowest BCUT2D eigenvalue weighted by molar-refractivity contribution is -0.142. The van der Waals surface area contributed by atoms with Gasteiger partial charge in [0.15, 0.2) is 5.25 Å². The van der Waals surface area contributed by atoms with Crippen LogP contribution in [0.25, 0.3) is 0 Å². The molecular formula is C8H12O7S. The van der Waals surface area contributed by atoms with Gasteiger partial charge in [-0.3, -0.25) is 14.1 Å². The average molecular weight is 252 g/mol. The maximum atomic E-state index is 11.2. The highest BCUT2D eigenvalue weighted by Crippen LogP contribution is 2.09. The van der Waals surface area contributed by atoms with E-state index in [0.29, 0.717) is 0 Å². The second-order valence-electron chi connectivity index (χ2n) is 2.85. The van der Waals surface area contributed by atoms with Crippen LogP contribution in [0.15, 0.2) is 12.7 Å². The zero-order chi connectivity index (χ0) is 12.8. The molecule has 1 atom stereocenters. The molecule has 2 N–H and O–H groups in total. The molecule has 0 spiro atoms. The van der Waals surface area contributed by atoms with Crippen molar-refractivity contribution in [2.75, 3.05) is 6.61 Å². The van der Waals surface area contributed by atoms with E-state index in [0.717, 1.165) is 0 Å². The van der Waals surface area contributed by atoms with Gasteiger partial charge in [-0.25, -0.2) is 0 Å². The van der Waals surface area contributed by atoms with Crippen molar-refractivity contribution < 1.29 is 32.4 Å². The van der Waals surface area contributed by atoms with Gasteiger partial charge in [0.1, 0.15) is 6.61 Å². The molecule has 0 bridgehead atoms. The summed E-state index contributed by atoms with van der Waals surface area (Å²) in [5.74, 6) is -2.46. The first-order valence-corrected chi connectivity index (χ1v) is 5.75. The highest BCUT2D eigenvalue weighted by Gasteiger charge is 2.32. The summed E-state index contributed by atoms with van der Waals surface area (Å²) in [7, 11) is -4.66. The fourth-order valence-electron chi connectivity index (χ4n) is 0.877. The van der Waals surface area contributed by atoms with Crippen LogP contribution in [0.5, 0.6) is 0 Å². The number of rotatable bonds is 7. The molecule has 0 aliphatic carbocycles. The van der Waals surface area contributed by atoms with Crippen molar-refractivity contribution in [2.24, 2.45) is 0 Å². The zero-order valence-corrected chi connectivity index (χ0v) is 9.14. The van der Waals surface area contributed by atoms with Crippen molar-refractivity contribution in [1.29, 1.82) is 0 Å². The highest BCUT2D eigenvalue weighted by molar-refractivity contribution is 7.87. The topological polar surface area (TPSA) is 118 Å². The standard InChI is InChI=1S/C8H12O7S/c1-2-5-15-8(11)6(16(12,13)14)3-4-7(9)10/h2,6H,1,3-5H2,(H,9,10)(H,12,13,14). The van der Waals surface area contributed by atoms with Gasteiger partial charge in [0.2, 0.25) is 0 Å². The lowest BCUT2D eigenvalue weighted by Crippen LogP contribution is -2.32. The lowest BCUT2D eigenvalue weighted by atomic mass is 10.2. The molecule has 92 valence electrons. The normalized spacial score (nSPS) is 12.8. The van der Waals surface area contributed by atoms with Gasteiger partial charge < -0.3 is 9.84 Å². The fraction of sp³-hybridized carbons (Fsp3) is 0.500. The molecule has 0 heterocycles. The first-order valence-electron chi connectivity index (χ1n) is 4.24. The summed E-state index contributed by atoms with van der Waals surface area (Å²) < 4.78 is 34.7. The third-order valence-corrected chi connectivity index (χ3v) is 2.73. The van der Waals surface area contributed by atoms with Gasteiger partial charge in [-0.2, -0.15) is 8.42 Å². The third kappa shape index (κ3) is 5.47. The molecule has 0 aromatic heterocycles. The van der Waals surface area contributed by atoms with Gasteiger partial charge >= 0.3 is 11.9 Å². The number of aliphatic carboxylic acids is 1. The van der Waals surface area contributed by atoms with Crippen LogP contribution in [0, 0.1) is 0 Å². The average Bonchev–Trinajstić information content (AvgIpc) is 2.12. The summed E-state index contributed by atoms with van der Waals surface area (Å²) >= 11 is 0. The molecule has 0 rings (SSSR count). The van der Waals surface area contributed by atoms with Crippen LogP contribution in [0.3, 0.4) is 0 Å². The number of esters is 1. The summed E-state index contributed by atoms with van der Waals surface area (Å²) in [5, 5.41) is 6.47. The van der Waals surface area contributed by atoms with E-state index in [4.69, 9.17) is 9.66 Å². The van der Waals surface area contributed by atoms with Gasteiger partial charge in [0.25, 0.3) is 10.1 Å². The minimum Gasteiger partial charge on any atom is -0.481 e. The SMILES string of the molecule is C=CCOC(=O)C(CCC(=O)O)S(=O)(=O)O. The molecule has 7 nitrogen and oxygen atoms in total. The molecule has 16 heavy (non-hydrogen) atoms. The van der Waals surface area contributed by atoms with E-state index < -0.39 is 40.1 Å². The molecule has 0 radical (unpaired) electrons. The summed E-state index contributed by atoms with van der Waals surface area (Å²) in [5.41, 5.74) is 0. The number of carboxylic acid groups (broad SMARTS) is 1. The summed E-state index contributed by atoms with van der Waals surface area (Å²) in [4.78, 5) is 21.4. The molecule has 0 aliphatic heterocycles. The second-order valence-corrected chi connectivity index (χ2v) is 4.45. The Kier molecular flexibility index (Phi) is 5.68. The number of hydrogen-bond donors (Lipinski definition) is 2. The molecular weight excluding hydrogens is 240 g/mol.